The molecule has 0 bridgehead atoms. The standard InChI is InChI=1S/C15H16BrN5/c1-4-13-20-14-9(2)5-10(3)19-15(14)21(13)8-12-17-6-11(16)7-18-12/h5-7H,4,8H2,1-3H3. The summed E-state index contributed by atoms with van der Waals surface area (Å²) in [4.78, 5) is 18.1. The third kappa shape index (κ3) is 2.68. The predicted octanol–water partition coefficient (Wildman–Crippen LogP) is 3.21. The van der Waals surface area contributed by atoms with Crippen molar-refractivity contribution in [1.82, 2.24) is 24.5 Å². The summed E-state index contributed by atoms with van der Waals surface area (Å²) in [5.74, 6) is 1.77. The van der Waals surface area contributed by atoms with E-state index in [1.807, 2.05) is 6.92 Å². The molecule has 0 aromatic carbocycles. The maximum absolute atomic E-state index is 4.72. The van der Waals surface area contributed by atoms with Crippen LogP contribution in [0.3, 0.4) is 0 Å². The van der Waals surface area contributed by atoms with E-state index in [0.717, 1.165) is 45.0 Å². The van der Waals surface area contributed by atoms with Gasteiger partial charge in [-0.2, -0.15) is 0 Å². The van der Waals surface area contributed by atoms with Crippen LogP contribution in [-0.2, 0) is 13.0 Å². The Morgan fingerprint density at radius 2 is 1.86 bits per heavy atom. The first-order valence-corrected chi connectivity index (χ1v) is 7.67. The van der Waals surface area contributed by atoms with Crippen LogP contribution in [0.15, 0.2) is 22.9 Å². The van der Waals surface area contributed by atoms with Crippen molar-refractivity contribution >= 4 is 27.1 Å². The average Bonchev–Trinajstić information content (AvgIpc) is 2.80. The normalized spacial score (nSPS) is 11.2. The van der Waals surface area contributed by atoms with Gasteiger partial charge in [0, 0.05) is 24.5 Å². The zero-order chi connectivity index (χ0) is 15.0. The number of rotatable bonds is 3. The maximum atomic E-state index is 4.72. The van der Waals surface area contributed by atoms with Crippen LogP contribution in [0.4, 0.5) is 0 Å². The van der Waals surface area contributed by atoms with E-state index in [4.69, 9.17) is 4.98 Å². The van der Waals surface area contributed by atoms with Crippen molar-refractivity contribution in [3.05, 3.63) is 45.8 Å². The molecule has 0 aliphatic heterocycles. The molecule has 5 nitrogen and oxygen atoms in total. The van der Waals surface area contributed by atoms with E-state index in [1.165, 1.54) is 0 Å². The molecule has 0 fully saturated rings. The summed E-state index contributed by atoms with van der Waals surface area (Å²) in [7, 11) is 0. The van der Waals surface area contributed by atoms with E-state index < -0.39 is 0 Å². The monoisotopic (exact) mass is 345 g/mol. The minimum absolute atomic E-state index is 0.586. The highest BCUT2D eigenvalue weighted by atomic mass is 79.9. The number of halogens is 1. The molecule has 0 radical (unpaired) electrons. The third-order valence-electron chi connectivity index (χ3n) is 3.39. The summed E-state index contributed by atoms with van der Waals surface area (Å²) in [6.45, 7) is 6.76. The predicted molar refractivity (Wildman–Crippen MR) is 85.2 cm³/mol. The van der Waals surface area contributed by atoms with Gasteiger partial charge in [-0.1, -0.05) is 6.92 Å². The maximum Gasteiger partial charge on any atom is 0.160 e. The van der Waals surface area contributed by atoms with Crippen molar-refractivity contribution in [3.63, 3.8) is 0 Å². The van der Waals surface area contributed by atoms with E-state index in [0.29, 0.717) is 6.54 Å². The lowest BCUT2D eigenvalue weighted by atomic mass is 10.2. The summed E-state index contributed by atoms with van der Waals surface area (Å²) in [6.07, 6.45) is 4.37. The second kappa shape index (κ2) is 5.52. The fourth-order valence-electron chi connectivity index (χ4n) is 2.45. The largest absolute Gasteiger partial charge is 0.305 e. The molecule has 0 atom stereocenters. The lowest BCUT2D eigenvalue weighted by molar-refractivity contribution is 0.707. The van der Waals surface area contributed by atoms with E-state index in [-0.39, 0.29) is 0 Å². The molecular weight excluding hydrogens is 330 g/mol. The number of pyridine rings is 1. The van der Waals surface area contributed by atoms with E-state index in [9.17, 15) is 0 Å². The van der Waals surface area contributed by atoms with Crippen LogP contribution in [-0.4, -0.2) is 24.5 Å². The highest BCUT2D eigenvalue weighted by Gasteiger charge is 2.14. The molecule has 3 aromatic rings. The molecule has 0 unspecified atom stereocenters. The number of aromatic nitrogens is 5. The Morgan fingerprint density at radius 3 is 2.52 bits per heavy atom. The van der Waals surface area contributed by atoms with Gasteiger partial charge in [0.25, 0.3) is 0 Å². The molecule has 0 N–H and O–H groups in total. The molecule has 6 heteroatoms. The smallest absolute Gasteiger partial charge is 0.160 e. The molecule has 3 rings (SSSR count). The minimum atomic E-state index is 0.586. The number of nitrogens with zero attached hydrogens (tertiary/aromatic N) is 5. The zero-order valence-corrected chi connectivity index (χ0v) is 13.8. The fourth-order valence-corrected chi connectivity index (χ4v) is 2.65. The molecule has 3 heterocycles. The number of aryl methyl sites for hydroxylation is 3. The Balaban J connectivity index is 2.13. The molecule has 0 aliphatic rings. The molecule has 0 aliphatic carbocycles. The second-order valence-corrected chi connectivity index (χ2v) is 5.95. The molecule has 21 heavy (non-hydrogen) atoms. The third-order valence-corrected chi connectivity index (χ3v) is 3.80. The summed E-state index contributed by atoms with van der Waals surface area (Å²) < 4.78 is 2.99. The number of hydrogen-bond acceptors (Lipinski definition) is 4. The Morgan fingerprint density at radius 1 is 1.14 bits per heavy atom. The van der Waals surface area contributed by atoms with Crippen LogP contribution in [0.1, 0.15) is 29.8 Å². The summed E-state index contributed by atoms with van der Waals surface area (Å²) in [6, 6.07) is 2.06. The minimum Gasteiger partial charge on any atom is -0.305 e. The topological polar surface area (TPSA) is 56.5 Å². The van der Waals surface area contributed by atoms with Crippen molar-refractivity contribution < 1.29 is 0 Å². The van der Waals surface area contributed by atoms with Crippen LogP contribution in [0.2, 0.25) is 0 Å². The van der Waals surface area contributed by atoms with Gasteiger partial charge >= 0.3 is 0 Å². The van der Waals surface area contributed by atoms with E-state index in [1.54, 1.807) is 12.4 Å². The highest BCUT2D eigenvalue weighted by molar-refractivity contribution is 9.10. The summed E-state index contributed by atoms with van der Waals surface area (Å²) in [5.41, 5.74) is 4.04. The van der Waals surface area contributed by atoms with E-state index in [2.05, 4.69) is 55.4 Å². The molecule has 108 valence electrons. The van der Waals surface area contributed by atoms with Crippen LogP contribution in [0, 0.1) is 13.8 Å². The van der Waals surface area contributed by atoms with Gasteiger partial charge in [-0.15, -0.1) is 0 Å². The molecule has 0 saturated heterocycles. The lowest BCUT2D eigenvalue weighted by Crippen LogP contribution is -2.08. The first-order chi connectivity index (χ1) is 10.1. The van der Waals surface area contributed by atoms with Gasteiger partial charge in [-0.05, 0) is 41.4 Å². The molecule has 0 spiro atoms. The Bertz CT molecular complexity index is 792. The molecule has 3 aromatic heterocycles. The zero-order valence-electron chi connectivity index (χ0n) is 12.3. The quantitative estimate of drug-likeness (QED) is 0.731. The highest BCUT2D eigenvalue weighted by Crippen LogP contribution is 2.20. The fraction of sp³-hybridized carbons (Fsp3) is 0.333. The van der Waals surface area contributed by atoms with Gasteiger partial charge in [0.05, 0.1) is 11.0 Å². The van der Waals surface area contributed by atoms with Gasteiger partial charge in [0.1, 0.15) is 17.2 Å². The van der Waals surface area contributed by atoms with E-state index >= 15 is 0 Å². The van der Waals surface area contributed by atoms with Crippen molar-refractivity contribution in [3.8, 4) is 0 Å². The molecule has 0 saturated carbocycles. The van der Waals surface area contributed by atoms with Crippen molar-refractivity contribution in [2.45, 2.75) is 33.7 Å². The van der Waals surface area contributed by atoms with Crippen molar-refractivity contribution in [2.24, 2.45) is 0 Å². The van der Waals surface area contributed by atoms with Crippen LogP contribution >= 0.6 is 15.9 Å². The summed E-state index contributed by atoms with van der Waals surface area (Å²) >= 11 is 3.35. The first kappa shape index (κ1) is 14.1. The van der Waals surface area contributed by atoms with Gasteiger partial charge in [-0.3, -0.25) is 0 Å². The molecule has 0 amide bonds. The van der Waals surface area contributed by atoms with Gasteiger partial charge in [-0.25, -0.2) is 19.9 Å². The number of hydrogen-bond donors (Lipinski definition) is 0. The Labute approximate surface area is 131 Å². The second-order valence-electron chi connectivity index (χ2n) is 5.04. The lowest BCUT2D eigenvalue weighted by Gasteiger charge is -2.07. The van der Waals surface area contributed by atoms with Crippen molar-refractivity contribution in [1.29, 1.82) is 0 Å². The summed E-state index contributed by atoms with van der Waals surface area (Å²) in [5, 5.41) is 0. The van der Waals surface area contributed by atoms with Crippen LogP contribution in [0.5, 0.6) is 0 Å². The van der Waals surface area contributed by atoms with Gasteiger partial charge in [0.2, 0.25) is 0 Å². The SMILES string of the molecule is CCc1nc2c(C)cc(C)nc2n1Cc1ncc(Br)cn1. The Kier molecular flexibility index (Phi) is 3.71. The molecular formula is C15H16BrN5. The van der Waals surface area contributed by atoms with Crippen LogP contribution in [0.25, 0.3) is 11.2 Å². The Hall–Kier alpha value is -1.82. The number of imidazole rings is 1. The number of fused-ring (bicyclic) bond motifs is 1. The van der Waals surface area contributed by atoms with Gasteiger partial charge < -0.3 is 4.57 Å². The first-order valence-electron chi connectivity index (χ1n) is 6.88. The van der Waals surface area contributed by atoms with Crippen LogP contribution < -0.4 is 0 Å². The average molecular weight is 346 g/mol. The van der Waals surface area contributed by atoms with Gasteiger partial charge in [0.15, 0.2) is 5.65 Å². The van der Waals surface area contributed by atoms with Crippen molar-refractivity contribution in [2.75, 3.05) is 0 Å².